The van der Waals surface area contributed by atoms with Gasteiger partial charge < -0.3 is 10.1 Å². The highest BCUT2D eigenvalue weighted by atomic mass is 35.5. The number of aryl methyl sites for hydroxylation is 1. The van der Waals surface area contributed by atoms with E-state index in [1.54, 1.807) is 42.5 Å². The maximum Gasteiger partial charge on any atom is 0.276 e. The highest BCUT2D eigenvalue weighted by Gasteiger charge is 2.17. The van der Waals surface area contributed by atoms with Crippen LogP contribution in [0.25, 0.3) is 10.8 Å². The maximum absolute atomic E-state index is 12.9. The number of carbonyl (C=O) groups is 1. The zero-order valence-electron chi connectivity index (χ0n) is 15.9. The molecule has 1 amide bonds. The van der Waals surface area contributed by atoms with Gasteiger partial charge in [0.05, 0.1) is 17.5 Å². The minimum Gasteiger partial charge on any atom is -0.495 e. The lowest BCUT2D eigenvalue weighted by atomic mass is 10.1. The lowest BCUT2D eigenvalue weighted by molar-refractivity contribution is 0.102. The number of nitrogens with zero attached hydrogens (tertiary/aromatic N) is 2. The Kier molecular flexibility index (Phi) is 6.31. The zero-order chi connectivity index (χ0) is 20.1. The number of anilines is 1. The summed E-state index contributed by atoms with van der Waals surface area (Å²) in [4.78, 5) is 25.6. The van der Waals surface area contributed by atoms with Crippen LogP contribution in [0.1, 0.15) is 36.7 Å². The molecule has 146 valence electrons. The van der Waals surface area contributed by atoms with Crippen molar-refractivity contribution in [2.75, 3.05) is 12.4 Å². The van der Waals surface area contributed by atoms with Crippen LogP contribution in [0.15, 0.2) is 47.3 Å². The predicted molar refractivity (Wildman–Crippen MR) is 111 cm³/mol. The van der Waals surface area contributed by atoms with Crippen molar-refractivity contribution >= 4 is 34.0 Å². The Bertz CT molecular complexity index is 1060. The van der Waals surface area contributed by atoms with E-state index in [0.717, 1.165) is 19.3 Å². The number of unbranched alkanes of at least 4 members (excludes halogenated alkanes) is 2. The van der Waals surface area contributed by atoms with E-state index in [2.05, 4.69) is 17.3 Å². The molecule has 6 nitrogen and oxygen atoms in total. The van der Waals surface area contributed by atoms with Crippen molar-refractivity contribution in [3.63, 3.8) is 0 Å². The van der Waals surface area contributed by atoms with Crippen molar-refractivity contribution < 1.29 is 9.53 Å². The number of halogens is 1. The number of carbonyl (C=O) groups excluding carboxylic acids is 1. The molecule has 0 atom stereocenters. The summed E-state index contributed by atoms with van der Waals surface area (Å²) in [6.07, 6.45) is 2.86. The van der Waals surface area contributed by atoms with Crippen LogP contribution >= 0.6 is 11.6 Å². The number of aromatic nitrogens is 2. The van der Waals surface area contributed by atoms with Crippen molar-refractivity contribution in [2.24, 2.45) is 0 Å². The summed E-state index contributed by atoms with van der Waals surface area (Å²) in [6, 6.07) is 12.0. The molecular formula is C21H22ClN3O3. The van der Waals surface area contributed by atoms with E-state index in [1.165, 1.54) is 11.8 Å². The average molecular weight is 400 g/mol. The molecule has 3 aromatic rings. The van der Waals surface area contributed by atoms with Crippen LogP contribution in [0.4, 0.5) is 5.69 Å². The second-order valence-electron chi connectivity index (χ2n) is 6.43. The maximum atomic E-state index is 12.9. The molecule has 0 aliphatic rings. The van der Waals surface area contributed by atoms with Gasteiger partial charge in [0, 0.05) is 17.6 Å². The Hall–Kier alpha value is -2.86. The number of benzene rings is 2. The van der Waals surface area contributed by atoms with E-state index < -0.39 is 5.91 Å². The number of hydrogen-bond donors (Lipinski definition) is 1. The number of ether oxygens (including phenoxy) is 1. The molecule has 1 aromatic heterocycles. The Morgan fingerprint density at radius 2 is 1.93 bits per heavy atom. The highest BCUT2D eigenvalue weighted by molar-refractivity contribution is 6.32. The topological polar surface area (TPSA) is 73.2 Å². The van der Waals surface area contributed by atoms with Crippen molar-refractivity contribution in [1.82, 2.24) is 9.78 Å². The van der Waals surface area contributed by atoms with Gasteiger partial charge in [-0.05, 0) is 30.7 Å². The first kappa shape index (κ1) is 19.9. The van der Waals surface area contributed by atoms with Gasteiger partial charge in [0.1, 0.15) is 5.75 Å². The largest absolute Gasteiger partial charge is 0.495 e. The Morgan fingerprint density at radius 1 is 1.18 bits per heavy atom. The molecule has 0 spiro atoms. The van der Waals surface area contributed by atoms with Gasteiger partial charge in [-0.15, -0.1) is 0 Å². The fourth-order valence-electron chi connectivity index (χ4n) is 3.00. The first-order chi connectivity index (χ1) is 13.5. The minimum absolute atomic E-state index is 0.184. The first-order valence-electron chi connectivity index (χ1n) is 9.20. The van der Waals surface area contributed by atoms with Crippen molar-refractivity contribution in [3.05, 3.63) is 63.5 Å². The Morgan fingerprint density at radius 3 is 2.61 bits per heavy atom. The highest BCUT2D eigenvalue weighted by Crippen LogP contribution is 2.27. The fraction of sp³-hybridized carbons (Fsp3) is 0.286. The molecule has 28 heavy (non-hydrogen) atoms. The van der Waals surface area contributed by atoms with E-state index >= 15 is 0 Å². The summed E-state index contributed by atoms with van der Waals surface area (Å²) in [6.45, 7) is 2.57. The number of methoxy groups -OCH3 is 1. The van der Waals surface area contributed by atoms with Crippen LogP contribution < -0.4 is 15.6 Å². The molecule has 7 heteroatoms. The summed E-state index contributed by atoms with van der Waals surface area (Å²) in [5.41, 5.74) is 0.541. The van der Waals surface area contributed by atoms with Crippen molar-refractivity contribution in [1.29, 1.82) is 0 Å². The number of amides is 1. The molecule has 2 aromatic carbocycles. The summed E-state index contributed by atoms with van der Waals surface area (Å²) in [5, 5.41) is 8.55. The molecule has 0 aliphatic heterocycles. The number of fused-ring (bicyclic) bond motifs is 1. The molecule has 0 radical (unpaired) electrons. The smallest absolute Gasteiger partial charge is 0.276 e. The quantitative estimate of drug-likeness (QED) is 0.593. The fourth-order valence-corrected chi connectivity index (χ4v) is 3.26. The molecule has 0 bridgehead atoms. The third-order valence-electron chi connectivity index (χ3n) is 4.47. The van der Waals surface area contributed by atoms with Gasteiger partial charge >= 0.3 is 0 Å². The standard InChI is InChI=1S/C21H22ClN3O3/c1-3-4-7-12-25-21(27)16-9-6-5-8-15(16)19(24-25)20(26)23-14-10-11-18(28-2)17(22)13-14/h5-6,8-11,13H,3-4,7,12H2,1-2H3,(H,23,26). The van der Waals surface area contributed by atoms with E-state index in [0.29, 0.717) is 33.8 Å². The second-order valence-corrected chi connectivity index (χ2v) is 6.84. The summed E-state index contributed by atoms with van der Waals surface area (Å²) in [7, 11) is 1.53. The van der Waals surface area contributed by atoms with Crippen LogP contribution in [0.2, 0.25) is 5.02 Å². The summed E-state index contributed by atoms with van der Waals surface area (Å²) >= 11 is 6.13. The average Bonchev–Trinajstić information content (AvgIpc) is 2.70. The van der Waals surface area contributed by atoms with Gasteiger partial charge in [-0.25, -0.2) is 4.68 Å². The van der Waals surface area contributed by atoms with Crippen LogP contribution in [-0.4, -0.2) is 22.8 Å². The summed E-state index contributed by atoms with van der Waals surface area (Å²) in [5.74, 6) is 0.120. The van der Waals surface area contributed by atoms with Gasteiger partial charge in [-0.3, -0.25) is 9.59 Å². The molecule has 0 unspecified atom stereocenters. The first-order valence-corrected chi connectivity index (χ1v) is 9.57. The molecular weight excluding hydrogens is 378 g/mol. The molecule has 1 heterocycles. The lowest BCUT2D eigenvalue weighted by Crippen LogP contribution is -2.27. The minimum atomic E-state index is -0.401. The third-order valence-corrected chi connectivity index (χ3v) is 4.76. The van der Waals surface area contributed by atoms with Crippen LogP contribution in [0.5, 0.6) is 5.75 Å². The van der Waals surface area contributed by atoms with Gasteiger partial charge in [-0.1, -0.05) is 49.6 Å². The summed E-state index contributed by atoms with van der Waals surface area (Å²) < 4.78 is 6.51. The van der Waals surface area contributed by atoms with Crippen LogP contribution in [0, 0.1) is 0 Å². The number of nitrogens with one attached hydrogen (secondary N) is 1. The van der Waals surface area contributed by atoms with E-state index in [1.807, 2.05) is 0 Å². The molecule has 0 saturated carbocycles. The number of hydrogen-bond acceptors (Lipinski definition) is 4. The third kappa shape index (κ3) is 4.17. The lowest BCUT2D eigenvalue weighted by Gasteiger charge is -2.12. The normalized spacial score (nSPS) is 10.8. The van der Waals surface area contributed by atoms with Crippen molar-refractivity contribution in [2.45, 2.75) is 32.7 Å². The predicted octanol–water partition coefficient (Wildman–Crippen LogP) is 4.50. The van der Waals surface area contributed by atoms with Crippen molar-refractivity contribution in [3.8, 4) is 5.75 Å². The van der Waals surface area contributed by atoms with E-state index in [4.69, 9.17) is 16.3 Å². The molecule has 0 saturated heterocycles. The number of rotatable bonds is 7. The van der Waals surface area contributed by atoms with E-state index in [9.17, 15) is 9.59 Å². The monoisotopic (exact) mass is 399 g/mol. The van der Waals surface area contributed by atoms with Gasteiger partial charge in [0.15, 0.2) is 5.69 Å². The Labute approximate surface area is 168 Å². The zero-order valence-corrected chi connectivity index (χ0v) is 16.6. The Balaban J connectivity index is 1.98. The van der Waals surface area contributed by atoms with Gasteiger partial charge in [-0.2, -0.15) is 5.10 Å². The van der Waals surface area contributed by atoms with Gasteiger partial charge in [0.25, 0.3) is 11.5 Å². The van der Waals surface area contributed by atoms with E-state index in [-0.39, 0.29) is 11.3 Å². The molecule has 3 rings (SSSR count). The second kappa shape index (κ2) is 8.89. The van der Waals surface area contributed by atoms with Gasteiger partial charge in [0.2, 0.25) is 0 Å². The SMILES string of the molecule is CCCCCn1nc(C(=O)Nc2ccc(OC)c(Cl)c2)c2ccccc2c1=O. The van der Waals surface area contributed by atoms with Crippen LogP contribution in [0.3, 0.4) is 0 Å². The molecule has 0 fully saturated rings. The molecule has 1 N–H and O–H groups in total. The van der Waals surface area contributed by atoms with Crippen LogP contribution in [-0.2, 0) is 6.54 Å². The molecule has 0 aliphatic carbocycles.